The molecule has 7 heteroatoms. The fourth-order valence-corrected chi connectivity index (χ4v) is 4.83. The highest BCUT2D eigenvalue weighted by atomic mass is 16.2. The highest BCUT2D eigenvalue weighted by Gasteiger charge is 2.28. The van der Waals surface area contributed by atoms with Gasteiger partial charge in [0.15, 0.2) is 0 Å². The second-order valence-electron chi connectivity index (χ2n) is 9.39. The minimum Gasteiger partial charge on any atom is -0.369 e. The van der Waals surface area contributed by atoms with Crippen molar-refractivity contribution in [3.8, 4) is 0 Å². The van der Waals surface area contributed by atoms with Gasteiger partial charge in [0, 0.05) is 57.2 Å². The van der Waals surface area contributed by atoms with Crippen LogP contribution < -0.4 is 15.5 Å². The van der Waals surface area contributed by atoms with E-state index in [4.69, 9.17) is 0 Å². The van der Waals surface area contributed by atoms with Crippen molar-refractivity contribution in [1.82, 2.24) is 15.1 Å². The molecule has 2 aromatic rings. The largest absolute Gasteiger partial charge is 0.369 e. The molecule has 182 valence electrons. The predicted octanol–water partition coefficient (Wildman–Crippen LogP) is 3.57. The van der Waals surface area contributed by atoms with Crippen LogP contribution in [0.2, 0.25) is 0 Å². The molecule has 2 saturated heterocycles. The van der Waals surface area contributed by atoms with E-state index >= 15 is 0 Å². The number of nitrogens with zero attached hydrogens (tertiary/aromatic N) is 3. The third-order valence-electron chi connectivity index (χ3n) is 6.79. The zero-order chi connectivity index (χ0) is 23.8. The van der Waals surface area contributed by atoms with Gasteiger partial charge in [0.05, 0.1) is 5.92 Å². The minimum atomic E-state index is -0.133. The summed E-state index contributed by atoms with van der Waals surface area (Å²) in [4.78, 5) is 32.1. The molecule has 0 aliphatic carbocycles. The molecule has 2 aliphatic heterocycles. The molecule has 2 aromatic carbocycles. The molecular formula is C27H37N5O2. The van der Waals surface area contributed by atoms with Gasteiger partial charge in [0.25, 0.3) is 0 Å². The number of carbonyl (C=O) groups is 2. The van der Waals surface area contributed by atoms with Crippen molar-refractivity contribution in [2.75, 3.05) is 62.6 Å². The van der Waals surface area contributed by atoms with Crippen molar-refractivity contribution in [3.05, 3.63) is 60.2 Å². The lowest BCUT2D eigenvalue weighted by Crippen LogP contribution is -2.48. The van der Waals surface area contributed by atoms with E-state index in [1.54, 1.807) is 4.90 Å². The van der Waals surface area contributed by atoms with Gasteiger partial charge in [-0.3, -0.25) is 9.69 Å². The second-order valence-corrected chi connectivity index (χ2v) is 9.39. The van der Waals surface area contributed by atoms with Crippen LogP contribution in [0.4, 0.5) is 16.2 Å². The Morgan fingerprint density at radius 3 is 2.53 bits per heavy atom. The molecule has 1 unspecified atom stereocenters. The van der Waals surface area contributed by atoms with Crippen LogP contribution in [0.25, 0.3) is 0 Å². The van der Waals surface area contributed by atoms with Gasteiger partial charge in [0.2, 0.25) is 5.91 Å². The highest BCUT2D eigenvalue weighted by molar-refractivity contribution is 5.90. The zero-order valence-corrected chi connectivity index (χ0v) is 20.2. The lowest BCUT2D eigenvalue weighted by molar-refractivity contribution is -0.126. The predicted molar refractivity (Wildman–Crippen MR) is 137 cm³/mol. The number of nitrogens with one attached hydrogen (secondary N) is 2. The Bertz CT molecular complexity index is 943. The number of anilines is 2. The lowest BCUT2D eigenvalue weighted by atomic mass is 9.97. The maximum atomic E-state index is 12.7. The van der Waals surface area contributed by atoms with Crippen LogP contribution in [0, 0.1) is 12.8 Å². The third-order valence-corrected chi connectivity index (χ3v) is 6.79. The number of urea groups is 1. The zero-order valence-electron chi connectivity index (χ0n) is 20.2. The Labute approximate surface area is 203 Å². The SMILES string of the molecule is Cc1cccc(NC(=O)N2CCCC(C(=O)NCCCN3CCN(c4ccccc4)CC3)C2)c1. The summed E-state index contributed by atoms with van der Waals surface area (Å²) >= 11 is 0. The maximum Gasteiger partial charge on any atom is 0.321 e. The van der Waals surface area contributed by atoms with Gasteiger partial charge < -0.3 is 20.4 Å². The van der Waals surface area contributed by atoms with E-state index in [1.807, 2.05) is 31.2 Å². The number of piperidine rings is 1. The fourth-order valence-electron chi connectivity index (χ4n) is 4.83. The monoisotopic (exact) mass is 463 g/mol. The number of carbonyl (C=O) groups excluding carboxylic acids is 2. The minimum absolute atomic E-state index is 0.0713. The average Bonchev–Trinajstić information content (AvgIpc) is 2.87. The molecule has 2 heterocycles. The summed E-state index contributed by atoms with van der Waals surface area (Å²) in [6.07, 6.45) is 2.63. The van der Waals surface area contributed by atoms with Gasteiger partial charge in [-0.1, -0.05) is 30.3 Å². The van der Waals surface area contributed by atoms with Crippen LogP contribution in [0.1, 0.15) is 24.8 Å². The number of likely N-dealkylation sites (tertiary alicyclic amines) is 1. The highest BCUT2D eigenvalue weighted by Crippen LogP contribution is 2.19. The Morgan fingerprint density at radius 1 is 0.971 bits per heavy atom. The summed E-state index contributed by atoms with van der Waals surface area (Å²) in [7, 11) is 0. The van der Waals surface area contributed by atoms with Crippen molar-refractivity contribution in [1.29, 1.82) is 0 Å². The Kier molecular flexibility index (Phi) is 8.41. The first-order valence-electron chi connectivity index (χ1n) is 12.5. The maximum absolute atomic E-state index is 12.7. The normalized spacial score (nSPS) is 19.0. The van der Waals surface area contributed by atoms with E-state index in [2.05, 4.69) is 50.8 Å². The van der Waals surface area contributed by atoms with E-state index in [0.29, 0.717) is 19.6 Å². The molecule has 0 aromatic heterocycles. The van der Waals surface area contributed by atoms with Crippen molar-refractivity contribution >= 4 is 23.3 Å². The molecule has 2 aliphatic rings. The van der Waals surface area contributed by atoms with Crippen LogP contribution in [-0.2, 0) is 4.79 Å². The van der Waals surface area contributed by atoms with Crippen molar-refractivity contribution in [2.24, 2.45) is 5.92 Å². The van der Waals surface area contributed by atoms with E-state index in [9.17, 15) is 9.59 Å². The summed E-state index contributed by atoms with van der Waals surface area (Å²) in [5, 5.41) is 6.07. The van der Waals surface area contributed by atoms with Crippen molar-refractivity contribution in [3.63, 3.8) is 0 Å². The molecule has 3 amide bonds. The van der Waals surface area contributed by atoms with Gasteiger partial charge in [-0.05, 0) is 62.6 Å². The molecular weight excluding hydrogens is 426 g/mol. The van der Waals surface area contributed by atoms with Crippen LogP contribution >= 0.6 is 0 Å². The summed E-state index contributed by atoms with van der Waals surface area (Å²) in [5.74, 6) is -0.0617. The summed E-state index contributed by atoms with van der Waals surface area (Å²) in [6.45, 7) is 9.04. The van der Waals surface area contributed by atoms with Crippen LogP contribution in [0.5, 0.6) is 0 Å². The molecule has 0 saturated carbocycles. The third kappa shape index (κ3) is 6.73. The topological polar surface area (TPSA) is 67.9 Å². The van der Waals surface area contributed by atoms with Gasteiger partial charge in [0.1, 0.15) is 0 Å². The Hall–Kier alpha value is -3.06. The van der Waals surface area contributed by atoms with E-state index in [1.165, 1.54) is 5.69 Å². The number of hydrogen-bond donors (Lipinski definition) is 2. The summed E-state index contributed by atoms with van der Waals surface area (Å²) in [6, 6.07) is 18.2. The molecule has 0 bridgehead atoms. The molecule has 2 N–H and O–H groups in total. The molecule has 4 rings (SSSR count). The smallest absolute Gasteiger partial charge is 0.321 e. The van der Waals surface area contributed by atoms with E-state index in [-0.39, 0.29) is 17.9 Å². The fraction of sp³-hybridized carbons (Fsp3) is 0.481. The first-order chi connectivity index (χ1) is 16.6. The first kappa shape index (κ1) is 24.1. The van der Waals surface area contributed by atoms with Crippen LogP contribution in [0.15, 0.2) is 54.6 Å². The lowest BCUT2D eigenvalue weighted by Gasteiger charge is -2.36. The molecule has 2 fully saturated rings. The molecule has 34 heavy (non-hydrogen) atoms. The van der Waals surface area contributed by atoms with Gasteiger partial charge in [-0.25, -0.2) is 4.79 Å². The first-order valence-corrected chi connectivity index (χ1v) is 12.5. The van der Waals surface area contributed by atoms with Crippen molar-refractivity contribution in [2.45, 2.75) is 26.2 Å². The molecule has 0 spiro atoms. The molecule has 0 radical (unpaired) electrons. The number of hydrogen-bond acceptors (Lipinski definition) is 4. The number of piperazine rings is 1. The van der Waals surface area contributed by atoms with E-state index < -0.39 is 0 Å². The van der Waals surface area contributed by atoms with Crippen molar-refractivity contribution < 1.29 is 9.59 Å². The van der Waals surface area contributed by atoms with Crippen LogP contribution in [-0.4, -0.2) is 74.1 Å². The van der Waals surface area contributed by atoms with E-state index in [0.717, 1.165) is 63.2 Å². The standard InChI is InChI=1S/C27H37N5O2/c1-22-8-5-10-24(20-22)29-27(34)32-15-6-9-23(21-32)26(33)28-13-7-14-30-16-18-31(19-17-30)25-11-3-2-4-12-25/h2-5,8,10-12,20,23H,6-7,9,13-19,21H2,1H3,(H,28,33)(H,29,34). The number of para-hydroxylation sites is 1. The number of aryl methyl sites for hydroxylation is 1. The molecule has 7 nitrogen and oxygen atoms in total. The summed E-state index contributed by atoms with van der Waals surface area (Å²) < 4.78 is 0. The second kappa shape index (κ2) is 11.9. The van der Waals surface area contributed by atoms with Gasteiger partial charge >= 0.3 is 6.03 Å². The summed E-state index contributed by atoms with van der Waals surface area (Å²) in [5.41, 5.74) is 3.19. The quantitative estimate of drug-likeness (QED) is 0.616. The van der Waals surface area contributed by atoms with Gasteiger partial charge in [-0.15, -0.1) is 0 Å². The number of amides is 3. The Morgan fingerprint density at radius 2 is 1.76 bits per heavy atom. The molecule has 1 atom stereocenters. The Balaban J connectivity index is 1.13. The van der Waals surface area contributed by atoms with Gasteiger partial charge in [-0.2, -0.15) is 0 Å². The number of rotatable bonds is 7. The number of benzene rings is 2. The average molecular weight is 464 g/mol. The van der Waals surface area contributed by atoms with Crippen LogP contribution in [0.3, 0.4) is 0 Å².